The second kappa shape index (κ2) is 4.39. The van der Waals surface area contributed by atoms with Crippen molar-refractivity contribution in [1.82, 2.24) is 4.98 Å². The van der Waals surface area contributed by atoms with Gasteiger partial charge in [-0.1, -0.05) is 6.07 Å². The van der Waals surface area contributed by atoms with E-state index in [-0.39, 0.29) is 16.6 Å². The fourth-order valence-corrected chi connectivity index (χ4v) is 1.91. The monoisotopic (exact) mass is 308 g/mol. The summed E-state index contributed by atoms with van der Waals surface area (Å²) in [6.45, 7) is 0. The number of nitrogens with zero attached hydrogens (tertiary/aromatic N) is 1. The van der Waals surface area contributed by atoms with Crippen LogP contribution in [0.2, 0.25) is 0 Å². The Balaban J connectivity index is 2.70. The van der Waals surface area contributed by atoms with Gasteiger partial charge in [-0.25, -0.2) is 0 Å². The number of rotatable bonds is 1. The lowest BCUT2D eigenvalue weighted by Gasteiger charge is -2.32. The van der Waals surface area contributed by atoms with Crippen molar-refractivity contribution in [2.45, 2.75) is 18.0 Å². The van der Waals surface area contributed by atoms with Crippen LogP contribution in [0.25, 0.3) is 10.9 Å². The minimum Gasteiger partial charge on any atom is -0.369 e. The molecule has 1 aromatic heterocycles. The molecule has 0 aliphatic rings. The van der Waals surface area contributed by atoms with Gasteiger partial charge in [0.05, 0.1) is 0 Å². The normalized spacial score (nSPS) is 13.4. The molecule has 1 aromatic carbocycles. The molecule has 0 unspecified atom stereocenters. The van der Waals surface area contributed by atoms with Crippen LogP contribution in [-0.2, 0) is 5.60 Å². The number of aromatic amines is 1. The van der Waals surface area contributed by atoms with Crippen LogP contribution in [0.15, 0.2) is 24.3 Å². The van der Waals surface area contributed by atoms with Gasteiger partial charge in [0.25, 0.3) is 5.60 Å². The second-order valence-electron chi connectivity index (χ2n) is 4.30. The second-order valence-corrected chi connectivity index (χ2v) is 4.30. The third-order valence-electron chi connectivity index (χ3n) is 2.98. The number of nitriles is 1. The van der Waals surface area contributed by atoms with Crippen molar-refractivity contribution < 1.29 is 31.4 Å². The van der Waals surface area contributed by atoms with Gasteiger partial charge in [-0.05, 0) is 18.2 Å². The Kier molecular flexibility index (Phi) is 3.18. The Hall–Kier alpha value is -2.21. The molecule has 0 spiro atoms. The van der Waals surface area contributed by atoms with Gasteiger partial charge < -0.3 is 10.1 Å². The molecule has 0 amide bonds. The van der Waals surface area contributed by atoms with Gasteiger partial charge in [0, 0.05) is 16.5 Å². The number of hydrogen-bond acceptors (Lipinski definition) is 2. The van der Waals surface area contributed by atoms with Crippen LogP contribution in [0.1, 0.15) is 11.3 Å². The molecule has 0 aliphatic carbocycles. The first kappa shape index (κ1) is 15.2. The summed E-state index contributed by atoms with van der Waals surface area (Å²) < 4.78 is 76.4. The minimum absolute atomic E-state index is 0.0234. The molecule has 0 saturated heterocycles. The molecule has 2 rings (SSSR count). The summed E-state index contributed by atoms with van der Waals surface area (Å²) in [6, 6.07) is 4.76. The van der Waals surface area contributed by atoms with E-state index in [4.69, 9.17) is 5.26 Å². The highest BCUT2D eigenvalue weighted by molar-refractivity contribution is 5.82. The van der Waals surface area contributed by atoms with E-state index in [1.807, 2.05) is 0 Å². The van der Waals surface area contributed by atoms with E-state index in [2.05, 4.69) is 4.98 Å². The first-order valence-electron chi connectivity index (χ1n) is 5.40. The first-order chi connectivity index (χ1) is 9.50. The molecule has 0 aliphatic heterocycles. The number of H-pyrrole nitrogens is 1. The van der Waals surface area contributed by atoms with Gasteiger partial charge in [-0.15, -0.1) is 0 Å². The summed E-state index contributed by atoms with van der Waals surface area (Å²) in [6.07, 6.45) is -11.9. The summed E-state index contributed by atoms with van der Waals surface area (Å²) in [5.41, 5.74) is -6.18. The largest absolute Gasteiger partial charge is 0.430 e. The first-order valence-corrected chi connectivity index (χ1v) is 5.40. The van der Waals surface area contributed by atoms with Crippen molar-refractivity contribution in [2.75, 3.05) is 0 Å². The van der Waals surface area contributed by atoms with Crippen molar-refractivity contribution in [1.29, 1.82) is 5.26 Å². The lowest BCUT2D eigenvalue weighted by molar-refractivity contribution is -0.376. The molecule has 1 heterocycles. The van der Waals surface area contributed by atoms with Gasteiger partial charge >= 0.3 is 12.4 Å². The van der Waals surface area contributed by atoms with Crippen LogP contribution >= 0.6 is 0 Å². The maximum Gasteiger partial charge on any atom is 0.430 e. The molecule has 0 bridgehead atoms. The Bertz CT molecular complexity index is 708. The van der Waals surface area contributed by atoms with Gasteiger partial charge in [-0.3, -0.25) is 0 Å². The van der Waals surface area contributed by atoms with Crippen LogP contribution < -0.4 is 0 Å². The Labute approximate surface area is 113 Å². The van der Waals surface area contributed by atoms with Gasteiger partial charge in [0.15, 0.2) is 0 Å². The molecule has 112 valence electrons. The third kappa shape index (κ3) is 2.21. The zero-order chi connectivity index (χ0) is 16.1. The predicted molar refractivity (Wildman–Crippen MR) is 59.0 cm³/mol. The summed E-state index contributed by atoms with van der Waals surface area (Å²) in [5.74, 6) is 0. The summed E-state index contributed by atoms with van der Waals surface area (Å²) >= 11 is 0. The average molecular weight is 308 g/mol. The summed E-state index contributed by atoms with van der Waals surface area (Å²) in [5, 5.41) is 17.8. The van der Waals surface area contributed by atoms with E-state index in [0.717, 1.165) is 12.1 Å². The van der Waals surface area contributed by atoms with E-state index in [1.54, 1.807) is 6.07 Å². The highest BCUT2D eigenvalue weighted by Crippen LogP contribution is 2.50. The standard InChI is InChI=1S/C12H6F6N2O/c13-11(14,15)10(21,12(16,17)18)7-1-2-9-6(3-7)4-8(5-19)20-9/h1-4,20-21H. The lowest BCUT2D eigenvalue weighted by Crippen LogP contribution is -2.53. The fraction of sp³-hybridized carbons (Fsp3) is 0.250. The van der Waals surface area contributed by atoms with Crippen LogP contribution in [0, 0.1) is 11.3 Å². The molecule has 0 atom stereocenters. The van der Waals surface area contributed by atoms with Crippen molar-refractivity contribution in [3.8, 4) is 6.07 Å². The number of nitrogens with one attached hydrogen (secondary N) is 1. The zero-order valence-corrected chi connectivity index (χ0v) is 9.97. The van der Waals surface area contributed by atoms with Gasteiger partial charge in [-0.2, -0.15) is 31.6 Å². The third-order valence-corrected chi connectivity index (χ3v) is 2.98. The highest BCUT2D eigenvalue weighted by Gasteiger charge is 2.71. The molecule has 0 radical (unpaired) electrons. The molecule has 2 aromatic rings. The van der Waals surface area contributed by atoms with Crippen molar-refractivity contribution in [2.24, 2.45) is 0 Å². The Morgan fingerprint density at radius 1 is 1.00 bits per heavy atom. The molecule has 0 saturated carbocycles. The molecule has 3 nitrogen and oxygen atoms in total. The van der Waals surface area contributed by atoms with E-state index in [1.165, 1.54) is 0 Å². The number of benzene rings is 1. The molecule has 2 N–H and O–H groups in total. The number of fused-ring (bicyclic) bond motifs is 1. The van der Waals surface area contributed by atoms with E-state index >= 15 is 0 Å². The van der Waals surface area contributed by atoms with Crippen LogP contribution in [0.3, 0.4) is 0 Å². The predicted octanol–water partition coefficient (Wildman–Crippen LogP) is 3.35. The molecule has 9 heteroatoms. The summed E-state index contributed by atoms with van der Waals surface area (Å²) in [4.78, 5) is 2.50. The van der Waals surface area contributed by atoms with Crippen molar-refractivity contribution in [3.05, 3.63) is 35.5 Å². The van der Waals surface area contributed by atoms with Crippen molar-refractivity contribution in [3.63, 3.8) is 0 Å². The Morgan fingerprint density at radius 2 is 1.57 bits per heavy atom. The number of alkyl halides is 6. The minimum atomic E-state index is -5.94. The topological polar surface area (TPSA) is 59.8 Å². The van der Waals surface area contributed by atoms with E-state index in [0.29, 0.717) is 12.1 Å². The number of aromatic nitrogens is 1. The number of hydrogen-bond donors (Lipinski definition) is 2. The number of halogens is 6. The van der Waals surface area contributed by atoms with Gasteiger partial charge in [0.2, 0.25) is 0 Å². The summed E-state index contributed by atoms with van der Waals surface area (Å²) in [7, 11) is 0. The van der Waals surface area contributed by atoms with Gasteiger partial charge in [0.1, 0.15) is 11.8 Å². The SMILES string of the molecule is N#Cc1cc2cc(C(O)(C(F)(F)F)C(F)(F)F)ccc2[nH]1. The maximum absolute atomic E-state index is 12.7. The van der Waals surface area contributed by atoms with Crippen LogP contribution in [-0.4, -0.2) is 22.4 Å². The number of aliphatic hydroxyl groups is 1. The molecule has 0 fully saturated rings. The van der Waals surface area contributed by atoms with E-state index in [9.17, 15) is 31.4 Å². The lowest BCUT2D eigenvalue weighted by atomic mass is 9.91. The maximum atomic E-state index is 12.7. The van der Waals surface area contributed by atoms with Crippen molar-refractivity contribution >= 4 is 10.9 Å². The van der Waals surface area contributed by atoms with Crippen LogP contribution in [0.4, 0.5) is 26.3 Å². The quantitative estimate of drug-likeness (QED) is 0.794. The molecular formula is C12H6F6N2O. The average Bonchev–Trinajstić information content (AvgIpc) is 2.76. The fourth-order valence-electron chi connectivity index (χ4n) is 1.91. The Morgan fingerprint density at radius 3 is 2.05 bits per heavy atom. The molecule has 21 heavy (non-hydrogen) atoms. The van der Waals surface area contributed by atoms with Crippen LogP contribution in [0.5, 0.6) is 0 Å². The molecular weight excluding hydrogens is 302 g/mol. The highest BCUT2D eigenvalue weighted by atomic mass is 19.4. The smallest absolute Gasteiger partial charge is 0.369 e. The zero-order valence-electron chi connectivity index (χ0n) is 9.97. The van der Waals surface area contributed by atoms with E-state index < -0.39 is 23.5 Å².